The Balaban J connectivity index is 2.19. The number of anilines is 1. The second kappa shape index (κ2) is 4.75. The van der Waals surface area contributed by atoms with Crippen molar-refractivity contribution in [1.29, 1.82) is 0 Å². The van der Waals surface area contributed by atoms with Crippen molar-refractivity contribution in [3.05, 3.63) is 51.9 Å². The van der Waals surface area contributed by atoms with Gasteiger partial charge >= 0.3 is 0 Å². The molecule has 1 amide bonds. The Hall–Kier alpha value is -2.15. The van der Waals surface area contributed by atoms with Crippen LogP contribution in [0.2, 0.25) is 0 Å². The lowest BCUT2D eigenvalue weighted by atomic mass is 9.95. The highest BCUT2D eigenvalue weighted by atomic mass is 79.9. The van der Waals surface area contributed by atoms with Gasteiger partial charge in [0.1, 0.15) is 12.4 Å². The van der Waals surface area contributed by atoms with E-state index in [9.17, 15) is 4.79 Å². The first-order valence-electron chi connectivity index (χ1n) is 6.00. The molecule has 0 saturated heterocycles. The molecule has 0 unspecified atom stereocenters. The standard InChI is InChI=1S/C13H12BrN5O/c1-7-10(12(15)20)11(8-2-4-9(14)5-3-8)19-13(18-7)16-6-17-19/h2-6,11H,1H3,(H2,15,20)(H,16,17,18)/t11-/m0/s1. The maximum atomic E-state index is 11.8. The number of primary amides is 1. The zero-order chi connectivity index (χ0) is 14.3. The lowest BCUT2D eigenvalue weighted by molar-refractivity contribution is -0.115. The van der Waals surface area contributed by atoms with E-state index in [2.05, 4.69) is 31.3 Å². The number of aromatic nitrogens is 3. The maximum Gasteiger partial charge on any atom is 0.248 e. The predicted molar refractivity (Wildman–Crippen MR) is 77.8 cm³/mol. The summed E-state index contributed by atoms with van der Waals surface area (Å²) in [4.78, 5) is 15.9. The highest BCUT2D eigenvalue weighted by Gasteiger charge is 2.31. The lowest BCUT2D eigenvalue weighted by Gasteiger charge is -2.27. The Labute approximate surface area is 123 Å². The summed E-state index contributed by atoms with van der Waals surface area (Å²) in [5, 5.41) is 7.23. The molecule has 20 heavy (non-hydrogen) atoms. The fraction of sp³-hybridized carbons (Fsp3) is 0.154. The van der Waals surface area contributed by atoms with Gasteiger partial charge in [0.05, 0.1) is 5.57 Å². The Bertz CT molecular complexity index is 704. The van der Waals surface area contributed by atoms with E-state index in [0.29, 0.717) is 17.2 Å². The van der Waals surface area contributed by atoms with Gasteiger partial charge in [-0.05, 0) is 24.6 Å². The van der Waals surface area contributed by atoms with E-state index >= 15 is 0 Å². The number of hydrogen-bond acceptors (Lipinski definition) is 4. The van der Waals surface area contributed by atoms with Crippen molar-refractivity contribution >= 4 is 27.8 Å². The Morgan fingerprint density at radius 3 is 2.75 bits per heavy atom. The monoisotopic (exact) mass is 333 g/mol. The van der Waals surface area contributed by atoms with E-state index in [0.717, 1.165) is 10.0 Å². The van der Waals surface area contributed by atoms with Crippen molar-refractivity contribution < 1.29 is 4.79 Å². The summed E-state index contributed by atoms with van der Waals surface area (Å²) in [5.74, 6) is 0.129. The molecule has 1 aromatic carbocycles. The molecule has 1 aliphatic heterocycles. The van der Waals surface area contributed by atoms with E-state index in [4.69, 9.17) is 5.73 Å². The molecule has 6 nitrogen and oxygen atoms in total. The first kappa shape index (κ1) is 12.9. The second-order valence-corrected chi connectivity index (χ2v) is 5.43. The summed E-state index contributed by atoms with van der Waals surface area (Å²) in [6, 6.07) is 7.34. The normalized spacial score (nSPS) is 17.6. The molecule has 1 aromatic heterocycles. The zero-order valence-corrected chi connectivity index (χ0v) is 12.3. The molecule has 0 aliphatic carbocycles. The molecule has 102 valence electrons. The van der Waals surface area contributed by atoms with E-state index in [1.807, 2.05) is 31.2 Å². The first-order valence-corrected chi connectivity index (χ1v) is 6.80. The van der Waals surface area contributed by atoms with Crippen LogP contribution in [0.5, 0.6) is 0 Å². The van der Waals surface area contributed by atoms with Crippen molar-refractivity contribution in [2.24, 2.45) is 5.73 Å². The number of nitrogens with two attached hydrogens (primary N) is 1. The number of hydrogen-bond donors (Lipinski definition) is 2. The molecule has 7 heteroatoms. The van der Waals surface area contributed by atoms with Crippen LogP contribution in [0.1, 0.15) is 18.5 Å². The maximum absolute atomic E-state index is 11.8. The van der Waals surface area contributed by atoms with Gasteiger partial charge in [-0.1, -0.05) is 28.1 Å². The van der Waals surface area contributed by atoms with Crippen molar-refractivity contribution in [2.75, 3.05) is 5.32 Å². The number of carbonyl (C=O) groups excluding carboxylic acids is 1. The van der Waals surface area contributed by atoms with E-state index in [-0.39, 0.29) is 6.04 Å². The first-order chi connectivity index (χ1) is 9.58. The van der Waals surface area contributed by atoms with Gasteiger partial charge in [0.15, 0.2) is 0 Å². The van der Waals surface area contributed by atoms with Crippen LogP contribution in [0.15, 0.2) is 46.3 Å². The number of nitrogens with zero attached hydrogens (tertiary/aromatic N) is 3. The number of allylic oxidation sites excluding steroid dienone is 1. The van der Waals surface area contributed by atoms with Crippen LogP contribution in [0.3, 0.4) is 0 Å². The minimum Gasteiger partial charge on any atom is -0.366 e. The zero-order valence-electron chi connectivity index (χ0n) is 10.7. The SMILES string of the molecule is CC1=C(C(N)=O)[C@H](c2ccc(Br)cc2)n2ncnc2N1. The highest BCUT2D eigenvalue weighted by Crippen LogP contribution is 2.34. The van der Waals surface area contributed by atoms with Crippen LogP contribution >= 0.6 is 15.9 Å². The minimum atomic E-state index is -0.468. The summed E-state index contributed by atoms with van der Waals surface area (Å²) >= 11 is 3.40. The summed E-state index contributed by atoms with van der Waals surface area (Å²) in [6.07, 6.45) is 1.45. The molecule has 0 fully saturated rings. The second-order valence-electron chi connectivity index (χ2n) is 4.51. The number of benzene rings is 1. The molecule has 1 aliphatic rings. The Morgan fingerprint density at radius 1 is 1.40 bits per heavy atom. The quantitative estimate of drug-likeness (QED) is 0.877. The minimum absolute atomic E-state index is 0.362. The smallest absolute Gasteiger partial charge is 0.248 e. The van der Waals surface area contributed by atoms with Crippen LogP contribution in [0, 0.1) is 0 Å². The van der Waals surface area contributed by atoms with Gasteiger partial charge in [0.25, 0.3) is 0 Å². The molecule has 2 heterocycles. The fourth-order valence-electron chi connectivity index (χ4n) is 2.36. The van der Waals surface area contributed by atoms with Crippen LogP contribution in [-0.4, -0.2) is 20.7 Å². The molecule has 2 aromatic rings. The van der Waals surface area contributed by atoms with Gasteiger partial charge in [0, 0.05) is 10.2 Å². The summed E-state index contributed by atoms with van der Waals surface area (Å²) in [5.41, 5.74) is 7.65. The molecular formula is C13H12BrN5O. The van der Waals surface area contributed by atoms with Gasteiger partial charge < -0.3 is 11.1 Å². The average molecular weight is 334 g/mol. The third-order valence-corrected chi connectivity index (χ3v) is 3.77. The molecule has 0 bridgehead atoms. The van der Waals surface area contributed by atoms with Crippen molar-refractivity contribution in [3.8, 4) is 0 Å². The van der Waals surface area contributed by atoms with Crippen LogP contribution in [0.25, 0.3) is 0 Å². The summed E-state index contributed by atoms with van der Waals surface area (Å²) < 4.78 is 2.63. The van der Waals surface area contributed by atoms with E-state index in [1.54, 1.807) is 4.68 Å². The van der Waals surface area contributed by atoms with Crippen molar-refractivity contribution in [1.82, 2.24) is 14.8 Å². The molecule has 0 radical (unpaired) electrons. The number of rotatable bonds is 2. The summed E-state index contributed by atoms with van der Waals surface area (Å²) in [6.45, 7) is 1.81. The molecule has 3 N–H and O–H groups in total. The Kier molecular flexibility index (Phi) is 3.06. The van der Waals surface area contributed by atoms with Crippen LogP contribution in [0.4, 0.5) is 5.95 Å². The summed E-state index contributed by atoms with van der Waals surface area (Å²) in [7, 11) is 0. The molecule has 3 rings (SSSR count). The average Bonchev–Trinajstić information content (AvgIpc) is 2.85. The highest BCUT2D eigenvalue weighted by molar-refractivity contribution is 9.10. The van der Waals surface area contributed by atoms with Crippen LogP contribution in [-0.2, 0) is 4.79 Å². The molecule has 1 atom stereocenters. The van der Waals surface area contributed by atoms with E-state index in [1.165, 1.54) is 6.33 Å². The predicted octanol–water partition coefficient (Wildman–Crippen LogP) is 1.81. The number of carbonyl (C=O) groups is 1. The fourth-order valence-corrected chi connectivity index (χ4v) is 2.63. The largest absolute Gasteiger partial charge is 0.366 e. The van der Waals surface area contributed by atoms with E-state index < -0.39 is 5.91 Å². The van der Waals surface area contributed by atoms with Gasteiger partial charge in [-0.15, -0.1) is 0 Å². The number of halogens is 1. The van der Waals surface area contributed by atoms with Crippen molar-refractivity contribution in [2.45, 2.75) is 13.0 Å². The number of fused-ring (bicyclic) bond motifs is 1. The number of amides is 1. The number of nitrogens with one attached hydrogen (secondary N) is 1. The third kappa shape index (κ3) is 2.00. The molecule has 0 saturated carbocycles. The van der Waals surface area contributed by atoms with Gasteiger partial charge in [0.2, 0.25) is 11.9 Å². The topological polar surface area (TPSA) is 85.8 Å². The Morgan fingerprint density at radius 2 is 2.10 bits per heavy atom. The van der Waals surface area contributed by atoms with Gasteiger partial charge in [-0.2, -0.15) is 10.1 Å². The third-order valence-electron chi connectivity index (χ3n) is 3.25. The van der Waals surface area contributed by atoms with Crippen molar-refractivity contribution in [3.63, 3.8) is 0 Å². The molecular weight excluding hydrogens is 322 g/mol. The molecule has 0 spiro atoms. The van der Waals surface area contributed by atoms with Gasteiger partial charge in [-0.25, -0.2) is 4.68 Å². The van der Waals surface area contributed by atoms with Crippen LogP contribution < -0.4 is 11.1 Å². The van der Waals surface area contributed by atoms with Gasteiger partial charge in [-0.3, -0.25) is 4.79 Å². The lowest BCUT2D eigenvalue weighted by Crippen LogP contribution is -2.31.